The summed E-state index contributed by atoms with van der Waals surface area (Å²) in [4.78, 5) is 4.44. The zero-order chi connectivity index (χ0) is 19.6. The molecule has 0 saturated carbocycles. The third-order valence-corrected chi connectivity index (χ3v) is 5.74. The van der Waals surface area contributed by atoms with Crippen molar-refractivity contribution in [3.63, 3.8) is 0 Å². The SMILES string of the molecule is CCCC=NCCCCOc1ccc(C(C)(C)CC)cc1C(C)(C)CC. The zero-order valence-electron chi connectivity index (χ0n) is 18.3. The highest BCUT2D eigenvalue weighted by Gasteiger charge is 2.26. The molecule has 1 rings (SSSR count). The predicted octanol–water partition coefficient (Wildman–Crippen LogP) is 7.09. The second-order valence-electron chi connectivity index (χ2n) is 8.62. The van der Waals surface area contributed by atoms with Crippen molar-refractivity contribution >= 4 is 6.21 Å². The van der Waals surface area contributed by atoms with E-state index in [0.717, 1.165) is 51.0 Å². The molecule has 1 aromatic rings. The van der Waals surface area contributed by atoms with Crippen LogP contribution < -0.4 is 4.74 Å². The third-order valence-electron chi connectivity index (χ3n) is 5.74. The van der Waals surface area contributed by atoms with Crippen molar-refractivity contribution in [1.29, 1.82) is 0 Å². The van der Waals surface area contributed by atoms with Gasteiger partial charge in [-0.05, 0) is 60.8 Å². The molecule has 2 nitrogen and oxygen atoms in total. The van der Waals surface area contributed by atoms with Crippen LogP contribution >= 0.6 is 0 Å². The molecule has 0 unspecified atom stereocenters. The highest BCUT2D eigenvalue weighted by Crippen LogP contribution is 2.38. The maximum Gasteiger partial charge on any atom is 0.123 e. The number of aliphatic imine (C=N–C) groups is 1. The zero-order valence-corrected chi connectivity index (χ0v) is 18.3. The normalized spacial score (nSPS) is 12.7. The van der Waals surface area contributed by atoms with Crippen molar-refractivity contribution in [2.45, 2.75) is 97.8 Å². The van der Waals surface area contributed by atoms with Crippen LogP contribution in [0, 0.1) is 0 Å². The van der Waals surface area contributed by atoms with Gasteiger partial charge in [0.15, 0.2) is 0 Å². The van der Waals surface area contributed by atoms with Crippen LogP contribution in [0.3, 0.4) is 0 Å². The van der Waals surface area contributed by atoms with E-state index in [1.807, 2.05) is 0 Å². The van der Waals surface area contributed by atoms with E-state index in [1.54, 1.807) is 0 Å². The van der Waals surface area contributed by atoms with Crippen LogP contribution in [0.5, 0.6) is 5.75 Å². The monoisotopic (exact) mass is 359 g/mol. The van der Waals surface area contributed by atoms with Crippen molar-refractivity contribution in [2.24, 2.45) is 4.99 Å². The Labute approximate surface area is 162 Å². The third kappa shape index (κ3) is 6.78. The summed E-state index contributed by atoms with van der Waals surface area (Å²) in [7, 11) is 0. The van der Waals surface area contributed by atoms with Crippen LogP contribution in [0.25, 0.3) is 0 Å². The van der Waals surface area contributed by atoms with Crippen LogP contribution in [0.4, 0.5) is 0 Å². The van der Waals surface area contributed by atoms with Crippen LogP contribution in [-0.2, 0) is 10.8 Å². The lowest BCUT2D eigenvalue weighted by molar-refractivity contribution is 0.297. The highest BCUT2D eigenvalue weighted by molar-refractivity contribution is 5.56. The molecule has 148 valence electrons. The van der Waals surface area contributed by atoms with Crippen molar-refractivity contribution < 1.29 is 4.74 Å². The van der Waals surface area contributed by atoms with Gasteiger partial charge in [-0.2, -0.15) is 0 Å². The fourth-order valence-electron chi connectivity index (χ4n) is 2.80. The molecule has 0 heterocycles. The number of ether oxygens (including phenoxy) is 1. The Morgan fingerprint density at radius 3 is 2.27 bits per heavy atom. The van der Waals surface area contributed by atoms with Crippen LogP contribution in [0.15, 0.2) is 23.2 Å². The first kappa shape index (κ1) is 22.7. The van der Waals surface area contributed by atoms with Gasteiger partial charge in [0, 0.05) is 12.1 Å². The fraction of sp³-hybridized carbons (Fsp3) is 0.708. The quantitative estimate of drug-likeness (QED) is 0.288. The summed E-state index contributed by atoms with van der Waals surface area (Å²) in [6.45, 7) is 17.7. The number of hydrogen-bond acceptors (Lipinski definition) is 2. The Hall–Kier alpha value is -1.31. The van der Waals surface area contributed by atoms with Gasteiger partial charge in [0.25, 0.3) is 0 Å². The van der Waals surface area contributed by atoms with Gasteiger partial charge in [0.2, 0.25) is 0 Å². The average molecular weight is 360 g/mol. The van der Waals surface area contributed by atoms with Gasteiger partial charge in [0.1, 0.15) is 5.75 Å². The lowest BCUT2D eigenvalue weighted by Gasteiger charge is -2.30. The lowest BCUT2D eigenvalue weighted by atomic mass is 9.76. The van der Waals surface area contributed by atoms with Gasteiger partial charge in [-0.15, -0.1) is 0 Å². The molecule has 0 spiro atoms. The smallest absolute Gasteiger partial charge is 0.123 e. The molecule has 0 aliphatic carbocycles. The lowest BCUT2D eigenvalue weighted by Crippen LogP contribution is -2.21. The van der Waals surface area contributed by atoms with Crippen molar-refractivity contribution in [3.05, 3.63) is 29.3 Å². The molecule has 1 aromatic carbocycles. The second-order valence-corrected chi connectivity index (χ2v) is 8.62. The Bertz CT molecular complexity index is 557. The van der Waals surface area contributed by atoms with Crippen LogP contribution in [-0.4, -0.2) is 19.4 Å². The van der Waals surface area contributed by atoms with Crippen molar-refractivity contribution in [3.8, 4) is 5.75 Å². The van der Waals surface area contributed by atoms with E-state index in [4.69, 9.17) is 4.74 Å². The summed E-state index contributed by atoms with van der Waals surface area (Å²) in [6, 6.07) is 6.83. The second kappa shape index (κ2) is 10.7. The van der Waals surface area contributed by atoms with Crippen molar-refractivity contribution in [2.75, 3.05) is 13.2 Å². The van der Waals surface area contributed by atoms with E-state index in [-0.39, 0.29) is 10.8 Å². The number of rotatable bonds is 12. The van der Waals surface area contributed by atoms with Gasteiger partial charge in [-0.1, -0.05) is 67.0 Å². The molecular formula is C24H41NO. The van der Waals surface area contributed by atoms with E-state index < -0.39 is 0 Å². The van der Waals surface area contributed by atoms with E-state index in [9.17, 15) is 0 Å². The molecule has 0 bridgehead atoms. The van der Waals surface area contributed by atoms with Crippen molar-refractivity contribution in [1.82, 2.24) is 0 Å². The maximum absolute atomic E-state index is 6.20. The van der Waals surface area contributed by atoms with Gasteiger partial charge in [-0.25, -0.2) is 0 Å². The molecule has 26 heavy (non-hydrogen) atoms. The molecule has 2 heteroatoms. The maximum atomic E-state index is 6.20. The summed E-state index contributed by atoms with van der Waals surface area (Å²) in [5.41, 5.74) is 3.09. The minimum atomic E-state index is 0.125. The van der Waals surface area contributed by atoms with Gasteiger partial charge >= 0.3 is 0 Å². The molecule has 0 atom stereocenters. The molecular weight excluding hydrogens is 318 g/mol. The standard InChI is InChI=1S/C24H41NO/c1-8-11-16-25-17-12-13-18-26-22-15-14-20(23(4,5)9-2)19-21(22)24(6,7)10-3/h14-16,19H,8-13,17-18H2,1-7H3. The molecule has 0 saturated heterocycles. The Kier molecular flexibility index (Phi) is 9.39. The van der Waals surface area contributed by atoms with E-state index in [0.29, 0.717) is 0 Å². The topological polar surface area (TPSA) is 21.6 Å². The molecule has 0 amide bonds. The Morgan fingerprint density at radius 1 is 0.962 bits per heavy atom. The molecule has 0 aliphatic heterocycles. The number of unbranched alkanes of at least 4 members (excludes halogenated alkanes) is 2. The first-order chi connectivity index (χ1) is 12.3. The number of nitrogens with zero attached hydrogens (tertiary/aromatic N) is 1. The molecule has 0 aliphatic rings. The van der Waals surface area contributed by atoms with Crippen LogP contribution in [0.2, 0.25) is 0 Å². The van der Waals surface area contributed by atoms with Gasteiger partial charge in [-0.3, -0.25) is 4.99 Å². The Balaban J connectivity index is 2.78. The summed E-state index contributed by atoms with van der Waals surface area (Å²) in [5, 5.41) is 0. The highest BCUT2D eigenvalue weighted by atomic mass is 16.5. The van der Waals surface area contributed by atoms with E-state index in [2.05, 4.69) is 77.9 Å². The van der Waals surface area contributed by atoms with Gasteiger partial charge in [0.05, 0.1) is 6.61 Å². The van der Waals surface area contributed by atoms with Crippen LogP contribution in [0.1, 0.15) is 98.1 Å². The average Bonchev–Trinajstić information content (AvgIpc) is 2.63. The summed E-state index contributed by atoms with van der Waals surface area (Å²) < 4.78 is 6.20. The minimum Gasteiger partial charge on any atom is -0.493 e. The molecule has 0 aromatic heterocycles. The first-order valence-electron chi connectivity index (χ1n) is 10.5. The van der Waals surface area contributed by atoms with E-state index in [1.165, 1.54) is 17.5 Å². The summed E-state index contributed by atoms with van der Waals surface area (Å²) in [6.07, 6.45) is 8.70. The first-order valence-corrected chi connectivity index (χ1v) is 10.5. The minimum absolute atomic E-state index is 0.125. The number of benzene rings is 1. The fourth-order valence-corrected chi connectivity index (χ4v) is 2.80. The molecule has 0 radical (unpaired) electrons. The summed E-state index contributed by atoms with van der Waals surface area (Å²) >= 11 is 0. The van der Waals surface area contributed by atoms with Gasteiger partial charge < -0.3 is 4.74 Å². The summed E-state index contributed by atoms with van der Waals surface area (Å²) in [5.74, 6) is 1.06. The molecule has 0 N–H and O–H groups in total. The largest absolute Gasteiger partial charge is 0.493 e. The van der Waals surface area contributed by atoms with E-state index >= 15 is 0 Å². The number of hydrogen-bond donors (Lipinski definition) is 0. The Morgan fingerprint density at radius 2 is 1.65 bits per heavy atom. The predicted molar refractivity (Wildman–Crippen MR) is 116 cm³/mol. The molecule has 0 fully saturated rings.